The van der Waals surface area contributed by atoms with E-state index in [1.54, 1.807) is 7.11 Å². The van der Waals surface area contributed by atoms with Crippen LogP contribution < -0.4 is 15.4 Å². The van der Waals surface area contributed by atoms with Gasteiger partial charge in [-0.1, -0.05) is 18.2 Å². The van der Waals surface area contributed by atoms with Crippen LogP contribution in [0.1, 0.15) is 25.3 Å². The summed E-state index contributed by atoms with van der Waals surface area (Å²) in [5, 5.41) is 6.78. The molecule has 1 heterocycles. The van der Waals surface area contributed by atoms with Crippen LogP contribution in [-0.2, 0) is 6.54 Å². The van der Waals surface area contributed by atoms with E-state index in [1.807, 2.05) is 18.2 Å². The Hall–Kier alpha value is -1.06. The topological polar surface area (TPSA) is 52.1 Å². The first-order chi connectivity index (χ1) is 12.7. The van der Waals surface area contributed by atoms with Crippen molar-refractivity contribution in [2.24, 2.45) is 4.99 Å². The lowest BCUT2D eigenvalue weighted by atomic mass is 10.2. The van der Waals surface area contributed by atoms with E-state index in [0.717, 1.165) is 43.3 Å². The van der Waals surface area contributed by atoms with Crippen LogP contribution in [-0.4, -0.2) is 75.7 Å². The fourth-order valence-electron chi connectivity index (χ4n) is 3.17. The number of ether oxygens (including phenoxy) is 1. The third kappa shape index (κ3) is 9.12. The number of benzene rings is 1. The van der Waals surface area contributed by atoms with Crippen LogP contribution in [0.25, 0.3) is 0 Å². The molecule has 0 unspecified atom stereocenters. The van der Waals surface area contributed by atoms with Gasteiger partial charge in [0.2, 0.25) is 0 Å². The van der Waals surface area contributed by atoms with Gasteiger partial charge in [-0.05, 0) is 52.5 Å². The van der Waals surface area contributed by atoms with Gasteiger partial charge in [0.05, 0.1) is 13.7 Å². The third-order valence-corrected chi connectivity index (χ3v) is 4.70. The number of methoxy groups -OCH3 is 1. The highest BCUT2D eigenvalue weighted by molar-refractivity contribution is 14.0. The van der Waals surface area contributed by atoms with Gasteiger partial charge in [0, 0.05) is 31.7 Å². The number of nitrogens with zero attached hydrogens (tertiary/aromatic N) is 3. The summed E-state index contributed by atoms with van der Waals surface area (Å²) >= 11 is 0. The van der Waals surface area contributed by atoms with Crippen LogP contribution in [0.3, 0.4) is 0 Å². The standard InChI is InChI=1S/C20H35N5O.HI/c1-4-21-20(23-17-18-9-5-6-10-19(18)26-3)22-11-7-13-25-14-8-12-24(2)15-16-25;/h5-6,9-10H,4,7-8,11-17H2,1-3H3,(H2,21,22,23);1H. The highest BCUT2D eigenvalue weighted by Gasteiger charge is 2.11. The number of para-hydroxylation sites is 1. The zero-order valence-electron chi connectivity index (χ0n) is 17.0. The summed E-state index contributed by atoms with van der Waals surface area (Å²) in [7, 11) is 3.92. The Morgan fingerprint density at radius 1 is 1.15 bits per heavy atom. The quantitative estimate of drug-likeness (QED) is 0.254. The molecule has 0 spiro atoms. The van der Waals surface area contributed by atoms with E-state index in [4.69, 9.17) is 9.73 Å². The van der Waals surface area contributed by atoms with Crippen LogP contribution in [0.4, 0.5) is 0 Å². The van der Waals surface area contributed by atoms with Crippen LogP contribution in [0, 0.1) is 0 Å². The summed E-state index contributed by atoms with van der Waals surface area (Å²) in [6.45, 7) is 10.4. The van der Waals surface area contributed by atoms with Crippen molar-refractivity contribution < 1.29 is 4.74 Å². The highest BCUT2D eigenvalue weighted by atomic mass is 127. The molecule has 0 aromatic heterocycles. The maximum absolute atomic E-state index is 5.40. The zero-order valence-corrected chi connectivity index (χ0v) is 19.4. The summed E-state index contributed by atoms with van der Waals surface area (Å²) in [5.74, 6) is 1.76. The molecule has 1 aromatic rings. The maximum Gasteiger partial charge on any atom is 0.191 e. The van der Waals surface area contributed by atoms with Crippen molar-refractivity contribution in [2.45, 2.75) is 26.3 Å². The molecule has 1 fully saturated rings. The van der Waals surface area contributed by atoms with Crippen LogP contribution in [0.15, 0.2) is 29.3 Å². The van der Waals surface area contributed by atoms with Crippen molar-refractivity contribution in [3.63, 3.8) is 0 Å². The van der Waals surface area contributed by atoms with Crippen molar-refractivity contribution in [3.8, 4) is 5.75 Å². The first-order valence-electron chi connectivity index (χ1n) is 9.78. The first-order valence-corrected chi connectivity index (χ1v) is 9.78. The Labute approximate surface area is 181 Å². The Morgan fingerprint density at radius 2 is 1.96 bits per heavy atom. The van der Waals surface area contributed by atoms with Crippen molar-refractivity contribution in [1.82, 2.24) is 20.4 Å². The second kappa shape index (κ2) is 14.0. The van der Waals surface area contributed by atoms with Crippen molar-refractivity contribution in [1.29, 1.82) is 0 Å². The van der Waals surface area contributed by atoms with E-state index in [1.165, 1.54) is 32.6 Å². The molecule has 2 rings (SSSR count). The minimum Gasteiger partial charge on any atom is -0.496 e. The largest absolute Gasteiger partial charge is 0.496 e. The molecule has 1 aliphatic heterocycles. The second-order valence-electron chi connectivity index (χ2n) is 6.79. The van der Waals surface area contributed by atoms with Gasteiger partial charge < -0.3 is 25.2 Å². The summed E-state index contributed by atoms with van der Waals surface area (Å²) in [5.41, 5.74) is 1.10. The lowest BCUT2D eigenvalue weighted by Gasteiger charge is -2.20. The molecule has 0 saturated carbocycles. The van der Waals surface area contributed by atoms with E-state index in [2.05, 4.69) is 40.5 Å². The molecule has 1 saturated heterocycles. The second-order valence-corrected chi connectivity index (χ2v) is 6.79. The molecule has 0 amide bonds. The number of aliphatic imine (C=N–C) groups is 1. The fourth-order valence-corrected chi connectivity index (χ4v) is 3.17. The van der Waals surface area contributed by atoms with Gasteiger partial charge in [-0.15, -0.1) is 24.0 Å². The SMILES string of the molecule is CCNC(=NCc1ccccc1OC)NCCCN1CCCN(C)CC1.I. The molecule has 1 aliphatic rings. The van der Waals surface area contributed by atoms with Gasteiger partial charge in [-0.2, -0.15) is 0 Å². The van der Waals surface area contributed by atoms with Crippen LogP contribution in [0.5, 0.6) is 5.75 Å². The summed E-state index contributed by atoms with van der Waals surface area (Å²) < 4.78 is 5.40. The predicted molar refractivity (Wildman–Crippen MR) is 124 cm³/mol. The van der Waals surface area contributed by atoms with Crippen LogP contribution in [0.2, 0.25) is 0 Å². The smallest absolute Gasteiger partial charge is 0.191 e. The molecular formula is C20H36IN5O. The lowest BCUT2D eigenvalue weighted by Crippen LogP contribution is -2.39. The molecule has 2 N–H and O–H groups in total. The van der Waals surface area contributed by atoms with Gasteiger partial charge in [0.15, 0.2) is 5.96 Å². The molecule has 0 atom stereocenters. The molecule has 1 aromatic carbocycles. The van der Waals surface area contributed by atoms with Gasteiger partial charge >= 0.3 is 0 Å². The van der Waals surface area contributed by atoms with Crippen molar-refractivity contribution >= 4 is 29.9 Å². The Morgan fingerprint density at radius 3 is 2.74 bits per heavy atom. The predicted octanol–water partition coefficient (Wildman–Crippen LogP) is 2.40. The van der Waals surface area contributed by atoms with Gasteiger partial charge in [-0.3, -0.25) is 0 Å². The van der Waals surface area contributed by atoms with Crippen LogP contribution >= 0.6 is 24.0 Å². The summed E-state index contributed by atoms with van der Waals surface area (Å²) in [6, 6.07) is 8.04. The van der Waals surface area contributed by atoms with E-state index in [0.29, 0.717) is 6.54 Å². The molecule has 0 radical (unpaired) electrons. The van der Waals surface area contributed by atoms with Gasteiger partial charge in [-0.25, -0.2) is 4.99 Å². The van der Waals surface area contributed by atoms with Gasteiger partial charge in [0.1, 0.15) is 5.75 Å². The number of hydrogen-bond acceptors (Lipinski definition) is 4. The average molecular weight is 489 g/mol. The summed E-state index contributed by atoms with van der Waals surface area (Å²) in [4.78, 5) is 9.69. The lowest BCUT2D eigenvalue weighted by molar-refractivity contribution is 0.274. The van der Waals surface area contributed by atoms with E-state index in [9.17, 15) is 0 Å². The highest BCUT2D eigenvalue weighted by Crippen LogP contribution is 2.17. The number of nitrogens with one attached hydrogen (secondary N) is 2. The normalized spacial score (nSPS) is 16.3. The first kappa shape index (κ1) is 24.0. The molecular weight excluding hydrogens is 453 g/mol. The molecule has 7 heteroatoms. The number of likely N-dealkylation sites (N-methyl/N-ethyl adjacent to an activating group) is 1. The number of halogens is 1. The molecule has 6 nitrogen and oxygen atoms in total. The monoisotopic (exact) mass is 489 g/mol. The number of hydrogen-bond donors (Lipinski definition) is 2. The van der Waals surface area contributed by atoms with E-state index < -0.39 is 0 Å². The minimum absolute atomic E-state index is 0. The summed E-state index contributed by atoms with van der Waals surface area (Å²) in [6.07, 6.45) is 2.40. The molecule has 0 bridgehead atoms. The third-order valence-electron chi connectivity index (χ3n) is 4.70. The van der Waals surface area contributed by atoms with E-state index >= 15 is 0 Å². The molecule has 0 aliphatic carbocycles. The minimum atomic E-state index is 0. The number of rotatable bonds is 8. The van der Waals surface area contributed by atoms with Crippen molar-refractivity contribution in [3.05, 3.63) is 29.8 Å². The Kier molecular flexibility index (Phi) is 12.4. The zero-order chi connectivity index (χ0) is 18.6. The Bertz CT molecular complexity index is 555. The average Bonchev–Trinajstić information content (AvgIpc) is 2.87. The Balaban J connectivity index is 0.00000364. The molecule has 154 valence electrons. The fraction of sp³-hybridized carbons (Fsp3) is 0.650. The van der Waals surface area contributed by atoms with Crippen molar-refractivity contribution in [2.75, 3.05) is 60.0 Å². The van der Waals surface area contributed by atoms with Gasteiger partial charge in [0.25, 0.3) is 0 Å². The van der Waals surface area contributed by atoms with E-state index in [-0.39, 0.29) is 24.0 Å². The maximum atomic E-state index is 5.40. The number of guanidine groups is 1. The molecule has 27 heavy (non-hydrogen) atoms.